The molecule has 21 heavy (non-hydrogen) atoms. The molecule has 6 nitrogen and oxygen atoms in total. The summed E-state index contributed by atoms with van der Waals surface area (Å²) in [5.74, 6) is 2.96. The molecule has 0 radical (unpaired) electrons. The van der Waals surface area contributed by atoms with Crippen molar-refractivity contribution < 1.29 is 4.52 Å². The van der Waals surface area contributed by atoms with Crippen LogP contribution >= 0.6 is 12.4 Å². The first-order valence-corrected chi connectivity index (χ1v) is 7.10. The van der Waals surface area contributed by atoms with E-state index in [-0.39, 0.29) is 12.4 Å². The van der Waals surface area contributed by atoms with Crippen molar-refractivity contribution in [2.75, 3.05) is 7.05 Å². The number of rotatable bonds is 7. The first-order valence-electron chi connectivity index (χ1n) is 7.10. The van der Waals surface area contributed by atoms with Crippen molar-refractivity contribution in [3.63, 3.8) is 0 Å². The van der Waals surface area contributed by atoms with E-state index in [0.29, 0.717) is 17.9 Å². The van der Waals surface area contributed by atoms with E-state index in [1.54, 1.807) is 0 Å². The number of aromatic nitrogens is 4. The van der Waals surface area contributed by atoms with Crippen LogP contribution in [0.4, 0.5) is 0 Å². The maximum atomic E-state index is 5.29. The number of hydrogen-bond donors (Lipinski definition) is 1. The van der Waals surface area contributed by atoms with Crippen LogP contribution in [0.25, 0.3) is 0 Å². The highest BCUT2D eigenvalue weighted by Gasteiger charge is 2.11. The molecule has 0 aliphatic carbocycles. The van der Waals surface area contributed by atoms with Gasteiger partial charge in [0.15, 0.2) is 5.82 Å². The van der Waals surface area contributed by atoms with E-state index >= 15 is 0 Å². The van der Waals surface area contributed by atoms with Gasteiger partial charge in [-0.25, -0.2) is 4.98 Å². The normalized spacial score (nSPS) is 12.4. The first-order chi connectivity index (χ1) is 9.60. The van der Waals surface area contributed by atoms with E-state index < -0.39 is 0 Å². The number of likely N-dealkylation sites (N-methyl/N-ethyl adjacent to an activating group) is 1. The highest BCUT2D eigenvalue weighted by molar-refractivity contribution is 5.85. The molecule has 0 fully saturated rings. The van der Waals surface area contributed by atoms with Crippen molar-refractivity contribution in [3.8, 4) is 0 Å². The average molecular weight is 314 g/mol. The molecule has 0 aromatic carbocycles. The van der Waals surface area contributed by atoms with Gasteiger partial charge in [-0.05, 0) is 14.0 Å². The molecule has 0 saturated carbocycles. The predicted molar refractivity (Wildman–Crippen MR) is 83.8 cm³/mol. The molecule has 1 N–H and O–H groups in total. The number of aryl methyl sites for hydroxylation is 2. The molecule has 0 aliphatic rings. The summed E-state index contributed by atoms with van der Waals surface area (Å²) < 4.78 is 7.43. The molecule has 2 aromatic rings. The van der Waals surface area contributed by atoms with E-state index in [1.165, 1.54) is 0 Å². The van der Waals surface area contributed by atoms with E-state index in [9.17, 15) is 0 Å². The Kier molecular flexibility index (Phi) is 6.84. The van der Waals surface area contributed by atoms with Gasteiger partial charge in [-0.1, -0.05) is 19.0 Å². The second-order valence-corrected chi connectivity index (χ2v) is 5.38. The summed E-state index contributed by atoms with van der Waals surface area (Å²) in [6.07, 6.45) is 5.35. The Hall–Kier alpha value is -1.40. The summed E-state index contributed by atoms with van der Waals surface area (Å²) in [7, 11) is 1.93. The van der Waals surface area contributed by atoms with Gasteiger partial charge in [-0.3, -0.25) is 0 Å². The Morgan fingerprint density at radius 1 is 1.33 bits per heavy atom. The smallest absolute Gasteiger partial charge is 0.228 e. The highest BCUT2D eigenvalue weighted by Crippen LogP contribution is 2.12. The summed E-state index contributed by atoms with van der Waals surface area (Å²) in [5, 5.41) is 7.17. The van der Waals surface area contributed by atoms with Crippen LogP contribution in [0.5, 0.6) is 0 Å². The van der Waals surface area contributed by atoms with Crippen LogP contribution in [0.15, 0.2) is 16.9 Å². The second-order valence-electron chi connectivity index (χ2n) is 5.38. The number of hydrogen-bond acceptors (Lipinski definition) is 5. The van der Waals surface area contributed by atoms with Crippen LogP contribution in [0, 0.1) is 0 Å². The minimum Gasteiger partial charge on any atom is -0.339 e. The summed E-state index contributed by atoms with van der Waals surface area (Å²) in [4.78, 5) is 8.79. The standard InChI is InChI=1S/C14H23N5O.ClH/c1-10(2)14-16-6-8-19(14)7-5-13-17-12(18-20-13)9-11(3)15-4;/h6,8,10-11,15H,5,7,9H2,1-4H3;1H. The molecule has 0 aliphatic heterocycles. The molecule has 2 aromatic heterocycles. The van der Waals surface area contributed by atoms with Gasteiger partial charge < -0.3 is 14.4 Å². The second kappa shape index (κ2) is 8.14. The molecule has 0 spiro atoms. The summed E-state index contributed by atoms with van der Waals surface area (Å²) >= 11 is 0. The van der Waals surface area contributed by atoms with Gasteiger partial charge in [-0.2, -0.15) is 4.98 Å². The lowest BCUT2D eigenvalue weighted by Crippen LogP contribution is -2.24. The molecule has 118 valence electrons. The summed E-state index contributed by atoms with van der Waals surface area (Å²) in [6, 6.07) is 0.349. The molecule has 0 saturated heterocycles. The SMILES string of the molecule is CNC(C)Cc1noc(CCn2ccnc2C(C)C)n1.Cl. The monoisotopic (exact) mass is 313 g/mol. The van der Waals surface area contributed by atoms with Crippen LogP contribution in [0.3, 0.4) is 0 Å². The van der Waals surface area contributed by atoms with Gasteiger partial charge in [0, 0.05) is 43.7 Å². The number of nitrogens with zero attached hydrogens (tertiary/aromatic N) is 4. The molecular formula is C14H24ClN5O. The molecule has 0 amide bonds. The zero-order chi connectivity index (χ0) is 14.5. The lowest BCUT2D eigenvalue weighted by Gasteiger charge is -2.08. The van der Waals surface area contributed by atoms with Gasteiger partial charge >= 0.3 is 0 Å². The number of nitrogens with one attached hydrogen (secondary N) is 1. The van der Waals surface area contributed by atoms with Crippen molar-refractivity contribution >= 4 is 12.4 Å². The Morgan fingerprint density at radius 2 is 2.10 bits per heavy atom. The fraction of sp³-hybridized carbons (Fsp3) is 0.643. The van der Waals surface area contributed by atoms with Crippen molar-refractivity contribution in [2.24, 2.45) is 0 Å². The first kappa shape index (κ1) is 17.7. The largest absolute Gasteiger partial charge is 0.339 e. The third kappa shape index (κ3) is 4.82. The lowest BCUT2D eigenvalue weighted by molar-refractivity contribution is 0.364. The van der Waals surface area contributed by atoms with Gasteiger partial charge in [0.25, 0.3) is 0 Å². The molecule has 0 bridgehead atoms. The molecule has 7 heteroatoms. The van der Waals surface area contributed by atoms with Crippen molar-refractivity contribution in [2.45, 2.75) is 52.1 Å². The highest BCUT2D eigenvalue weighted by atomic mass is 35.5. The van der Waals surface area contributed by atoms with Gasteiger partial charge in [-0.15, -0.1) is 12.4 Å². The quantitative estimate of drug-likeness (QED) is 0.848. The maximum absolute atomic E-state index is 5.29. The van der Waals surface area contributed by atoms with E-state index in [0.717, 1.165) is 31.0 Å². The van der Waals surface area contributed by atoms with E-state index in [1.807, 2.05) is 19.4 Å². The topological polar surface area (TPSA) is 68.8 Å². The number of imidazole rings is 1. The summed E-state index contributed by atoms with van der Waals surface area (Å²) in [5.41, 5.74) is 0. The van der Waals surface area contributed by atoms with Crippen molar-refractivity contribution in [1.82, 2.24) is 25.0 Å². The van der Waals surface area contributed by atoms with E-state index in [4.69, 9.17) is 4.52 Å². The van der Waals surface area contributed by atoms with Crippen LogP contribution in [0.2, 0.25) is 0 Å². The summed E-state index contributed by atoms with van der Waals surface area (Å²) in [6.45, 7) is 7.19. The van der Waals surface area contributed by atoms with Crippen LogP contribution < -0.4 is 5.32 Å². The van der Waals surface area contributed by atoms with Gasteiger partial charge in [0.1, 0.15) is 5.82 Å². The minimum atomic E-state index is 0. The zero-order valence-electron chi connectivity index (χ0n) is 13.0. The van der Waals surface area contributed by atoms with Crippen LogP contribution in [0.1, 0.15) is 44.2 Å². The van der Waals surface area contributed by atoms with Crippen molar-refractivity contribution in [1.29, 1.82) is 0 Å². The van der Waals surface area contributed by atoms with Gasteiger partial charge in [0.05, 0.1) is 0 Å². The molecule has 1 unspecified atom stereocenters. The minimum absolute atomic E-state index is 0. The Labute approximate surface area is 131 Å². The molecular weight excluding hydrogens is 290 g/mol. The third-order valence-electron chi connectivity index (χ3n) is 3.32. The average Bonchev–Trinajstić information content (AvgIpc) is 3.04. The Balaban J connectivity index is 0.00000220. The molecule has 1 atom stereocenters. The molecule has 2 rings (SSSR count). The lowest BCUT2D eigenvalue weighted by atomic mass is 10.2. The third-order valence-corrected chi connectivity index (χ3v) is 3.32. The predicted octanol–water partition coefficient (Wildman–Crippen LogP) is 2.20. The van der Waals surface area contributed by atoms with E-state index in [2.05, 4.69) is 45.8 Å². The fourth-order valence-electron chi connectivity index (χ4n) is 2.08. The molecule has 2 heterocycles. The zero-order valence-corrected chi connectivity index (χ0v) is 13.9. The number of halogens is 1. The Morgan fingerprint density at radius 3 is 2.76 bits per heavy atom. The fourth-order valence-corrected chi connectivity index (χ4v) is 2.08. The van der Waals surface area contributed by atoms with Gasteiger partial charge in [0.2, 0.25) is 5.89 Å². The van der Waals surface area contributed by atoms with Crippen LogP contribution in [-0.2, 0) is 19.4 Å². The Bertz CT molecular complexity index is 537. The maximum Gasteiger partial charge on any atom is 0.228 e. The van der Waals surface area contributed by atoms with Crippen molar-refractivity contribution in [3.05, 3.63) is 29.9 Å². The van der Waals surface area contributed by atoms with Crippen LogP contribution in [-0.4, -0.2) is 32.8 Å².